The lowest BCUT2D eigenvalue weighted by atomic mass is 10.2. The smallest absolute Gasteiger partial charge is 0.303 e. The topological polar surface area (TPSA) is 66.0 Å². The lowest BCUT2D eigenvalue weighted by Gasteiger charge is -1.99. The zero-order valence-corrected chi connectivity index (χ0v) is 10.8. The van der Waals surface area contributed by atoms with Crippen molar-refractivity contribution in [3.8, 4) is 11.3 Å². The number of aliphatic carboxylic acids is 1. The number of H-pyrrole nitrogens is 1. The van der Waals surface area contributed by atoms with E-state index >= 15 is 0 Å². The maximum Gasteiger partial charge on any atom is 0.303 e. The van der Waals surface area contributed by atoms with E-state index in [4.69, 9.17) is 5.11 Å². The van der Waals surface area contributed by atoms with Crippen molar-refractivity contribution in [2.24, 2.45) is 0 Å². The Kier molecular flexibility index (Phi) is 4.04. The molecule has 5 heteroatoms. The van der Waals surface area contributed by atoms with Crippen molar-refractivity contribution in [1.29, 1.82) is 0 Å². The van der Waals surface area contributed by atoms with Crippen LogP contribution in [0.15, 0.2) is 35.4 Å². The number of thioether (sulfide) groups is 1. The standard InChI is InChI=1S/C13H14N2O2S/c1-18-10-4-2-9(3-5-10)11-8-14-12(15-11)6-7-13(16)17/h2-5,8H,6-7H2,1H3,(H,14,15)(H,16,17). The molecular formula is C13H14N2O2S. The molecule has 1 heterocycles. The first kappa shape index (κ1) is 12.7. The summed E-state index contributed by atoms with van der Waals surface area (Å²) in [4.78, 5) is 19.0. The van der Waals surface area contributed by atoms with Crippen LogP contribution in [0.2, 0.25) is 0 Å². The van der Waals surface area contributed by atoms with Gasteiger partial charge in [0.25, 0.3) is 0 Å². The van der Waals surface area contributed by atoms with E-state index in [1.807, 2.05) is 18.4 Å². The maximum absolute atomic E-state index is 10.5. The molecule has 94 valence electrons. The number of rotatable bonds is 5. The van der Waals surface area contributed by atoms with Crippen molar-refractivity contribution in [2.75, 3.05) is 6.26 Å². The minimum absolute atomic E-state index is 0.0956. The average molecular weight is 262 g/mol. The van der Waals surface area contributed by atoms with Gasteiger partial charge < -0.3 is 10.1 Å². The summed E-state index contributed by atoms with van der Waals surface area (Å²) in [5.41, 5.74) is 1.98. The van der Waals surface area contributed by atoms with E-state index in [9.17, 15) is 4.79 Å². The molecule has 18 heavy (non-hydrogen) atoms. The Balaban J connectivity index is 2.10. The number of imidazole rings is 1. The largest absolute Gasteiger partial charge is 0.481 e. The highest BCUT2D eigenvalue weighted by Gasteiger charge is 2.05. The van der Waals surface area contributed by atoms with E-state index in [-0.39, 0.29) is 6.42 Å². The number of nitrogens with zero attached hydrogens (tertiary/aromatic N) is 1. The van der Waals surface area contributed by atoms with Crippen molar-refractivity contribution in [1.82, 2.24) is 9.97 Å². The molecule has 0 aliphatic heterocycles. The lowest BCUT2D eigenvalue weighted by molar-refractivity contribution is -0.137. The highest BCUT2D eigenvalue weighted by molar-refractivity contribution is 7.98. The molecule has 0 aliphatic carbocycles. The van der Waals surface area contributed by atoms with Gasteiger partial charge in [-0.1, -0.05) is 12.1 Å². The van der Waals surface area contributed by atoms with E-state index < -0.39 is 5.97 Å². The van der Waals surface area contributed by atoms with E-state index in [2.05, 4.69) is 22.1 Å². The second-order valence-electron chi connectivity index (χ2n) is 3.87. The number of carboxylic acids is 1. The van der Waals surface area contributed by atoms with Gasteiger partial charge in [-0.15, -0.1) is 11.8 Å². The summed E-state index contributed by atoms with van der Waals surface area (Å²) in [6, 6.07) is 8.16. The van der Waals surface area contributed by atoms with Crippen molar-refractivity contribution in [3.63, 3.8) is 0 Å². The fourth-order valence-corrected chi connectivity index (χ4v) is 2.04. The van der Waals surface area contributed by atoms with Gasteiger partial charge in [0.05, 0.1) is 18.3 Å². The van der Waals surface area contributed by atoms with Gasteiger partial charge in [-0.2, -0.15) is 0 Å². The van der Waals surface area contributed by atoms with Crippen LogP contribution in [0.4, 0.5) is 0 Å². The van der Waals surface area contributed by atoms with Gasteiger partial charge in [0.1, 0.15) is 5.82 Å². The fraction of sp³-hybridized carbons (Fsp3) is 0.231. The minimum Gasteiger partial charge on any atom is -0.481 e. The summed E-state index contributed by atoms with van der Waals surface area (Å²) >= 11 is 1.70. The van der Waals surface area contributed by atoms with E-state index in [1.165, 1.54) is 4.90 Å². The summed E-state index contributed by atoms with van der Waals surface area (Å²) in [5.74, 6) is -0.0985. The second-order valence-corrected chi connectivity index (χ2v) is 4.75. The van der Waals surface area contributed by atoms with Crippen LogP contribution < -0.4 is 0 Å². The Morgan fingerprint density at radius 1 is 1.39 bits per heavy atom. The third kappa shape index (κ3) is 3.13. The van der Waals surface area contributed by atoms with Crippen LogP contribution in [-0.4, -0.2) is 27.3 Å². The predicted octanol–water partition coefficient (Wildman–Crippen LogP) is 2.82. The number of aromatic nitrogens is 2. The van der Waals surface area contributed by atoms with Crippen LogP contribution in [0, 0.1) is 0 Å². The van der Waals surface area contributed by atoms with E-state index in [1.54, 1.807) is 18.0 Å². The molecule has 0 bridgehead atoms. The van der Waals surface area contributed by atoms with Gasteiger partial charge in [-0.05, 0) is 24.0 Å². The Morgan fingerprint density at radius 3 is 2.72 bits per heavy atom. The zero-order chi connectivity index (χ0) is 13.0. The Labute approximate surface area is 109 Å². The van der Waals surface area contributed by atoms with Gasteiger partial charge in [-0.25, -0.2) is 4.98 Å². The first-order valence-electron chi connectivity index (χ1n) is 5.59. The summed E-state index contributed by atoms with van der Waals surface area (Å²) in [7, 11) is 0. The quantitative estimate of drug-likeness (QED) is 0.813. The first-order chi connectivity index (χ1) is 8.69. The summed E-state index contributed by atoms with van der Waals surface area (Å²) in [6.07, 6.45) is 4.30. The third-order valence-electron chi connectivity index (χ3n) is 2.61. The molecule has 1 aromatic heterocycles. The average Bonchev–Trinajstić information content (AvgIpc) is 2.85. The number of benzene rings is 1. The van der Waals surface area contributed by atoms with Gasteiger partial charge in [0.15, 0.2) is 0 Å². The highest BCUT2D eigenvalue weighted by atomic mass is 32.2. The molecule has 4 nitrogen and oxygen atoms in total. The zero-order valence-electron chi connectivity index (χ0n) is 10.0. The number of nitrogens with one attached hydrogen (secondary N) is 1. The molecule has 2 N–H and O–H groups in total. The highest BCUT2D eigenvalue weighted by Crippen LogP contribution is 2.21. The maximum atomic E-state index is 10.5. The molecule has 0 fully saturated rings. The molecule has 0 unspecified atom stereocenters. The Morgan fingerprint density at radius 2 is 2.11 bits per heavy atom. The molecule has 0 spiro atoms. The van der Waals surface area contributed by atoms with Crippen LogP contribution >= 0.6 is 11.8 Å². The molecule has 0 aliphatic rings. The number of carbonyl (C=O) groups is 1. The van der Waals surface area contributed by atoms with Gasteiger partial charge in [-0.3, -0.25) is 4.79 Å². The van der Waals surface area contributed by atoms with Crippen LogP contribution in [0.1, 0.15) is 12.2 Å². The monoisotopic (exact) mass is 262 g/mol. The van der Waals surface area contributed by atoms with Gasteiger partial charge in [0, 0.05) is 11.3 Å². The molecular weight excluding hydrogens is 248 g/mol. The molecule has 0 radical (unpaired) electrons. The predicted molar refractivity (Wildman–Crippen MR) is 71.8 cm³/mol. The van der Waals surface area contributed by atoms with Gasteiger partial charge >= 0.3 is 5.97 Å². The molecule has 2 rings (SSSR count). The molecule has 2 aromatic rings. The van der Waals surface area contributed by atoms with Crippen molar-refractivity contribution in [2.45, 2.75) is 17.7 Å². The fourth-order valence-electron chi connectivity index (χ4n) is 1.63. The molecule has 1 aromatic carbocycles. The second kappa shape index (κ2) is 5.73. The summed E-state index contributed by atoms with van der Waals surface area (Å²) in [5, 5.41) is 8.61. The molecule has 0 saturated heterocycles. The van der Waals surface area contributed by atoms with Crippen LogP contribution in [0.3, 0.4) is 0 Å². The normalized spacial score (nSPS) is 10.5. The number of hydrogen-bond donors (Lipinski definition) is 2. The molecule has 0 atom stereocenters. The third-order valence-corrected chi connectivity index (χ3v) is 3.35. The Bertz CT molecular complexity index is 534. The van der Waals surface area contributed by atoms with Gasteiger partial charge in [0.2, 0.25) is 0 Å². The van der Waals surface area contributed by atoms with E-state index in [0.717, 1.165) is 11.3 Å². The number of aromatic amines is 1. The van der Waals surface area contributed by atoms with Crippen LogP contribution in [0.25, 0.3) is 11.3 Å². The van der Waals surface area contributed by atoms with Crippen LogP contribution in [0.5, 0.6) is 0 Å². The SMILES string of the molecule is CSc1ccc(-c2cnc(CCC(=O)O)[nH]2)cc1. The number of carboxylic acid groups (broad SMARTS) is 1. The van der Waals surface area contributed by atoms with E-state index in [0.29, 0.717) is 12.2 Å². The summed E-state index contributed by atoms with van der Waals surface area (Å²) in [6.45, 7) is 0. The molecule has 0 saturated carbocycles. The minimum atomic E-state index is -0.808. The Hall–Kier alpha value is -1.75. The lowest BCUT2D eigenvalue weighted by Crippen LogP contribution is -1.98. The number of aryl methyl sites for hydroxylation is 1. The van der Waals surface area contributed by atoms with Crippen molar-refractivity contribution in [3.05, 3.63) is 36.3 Å². The first-order valence-corrected chi connectivity index (χ1v) is 6.81. The van der Waals surface area contributed by atoms with Crippen molar-refractivity contribution < 1.29 is 9.90 Å². The van der Waals surface area contributed by atoms with Crippen molar-refractivity contribution >= 4 is 17.7 Å². The van der Waals surface area contributed by atoms with Crippen LogP contribution in [-0.2, 0) is 11.2 Å². The number of hydrogen-bond acceptors (Lipinski definition) is 3. The summed E-state index contributed by atoms with van der Waals surface area (Å²) < 4.78 is 0. The molecule has 0 amide bonds.